The van der Waals surface area contributed by atoms with Crippen LogP contribution in [-0.2, 0) is 6.18 Å². The van der Waals surface area contributed by atoms with Gasteiger partial charge in [0, 0.05) is 0 Å². The van der Waals surface area contributed by atoms with Crippen molar-refractivity contribution in [3.8, 4) is 0 Å². The predicted octanol–water partition coefficient (Wildman–Crippen LogP) is 4.18. The van der Waals surface area contributed by atoms with Crippen molar-refractivity contribution in [2.45, 2.75) is 12.6 Å². The van der Waals surface area contributed by atoms with Gasteiger partial charge in [-0.3, -0.25) is 0 Å². The van der Waals surface area contributed by atoms with Gasteiger partial charge in [-0.1, -0.05) is 18.2 Å². The van der Waals surface area contributed by atoms with Crippen LogP contribution in [0.2, 0.25) is 0 Å². The highest BCUT2D eigenvalue weighted by Crippen LogP contribution is 2.31. The molecule has 1 rings (SSSR count). The molecule has 0 aliphatic carbocycles. The van der Waals surface area contributed by atoms with Gasteiger partial charge in [-0.2, -0.15) is 25.8 Å². The van der Waals surface area contributed by atoms with Gasteiger partial charge in [0.15, 0.2) is 0 Å². The van der Waals surface area contributed by atoms with E-state index in [1.54, 1.807) is 12.2 Å². The number of benzene rings is 1. The summed E-state index contributed by atoms with van der Waals surface area (Å²) in [5, 5.41) is 0. The first-order chi connectivity index (χ1) is 7.45. The molecule has 0 saturated carbocycles. The summed E-state index contributed by atoms with van der Waals surface area (Å²) in [6, 6.07) is 2.86. The first kappa shape index (κ1) is 13.1. The molecule has 0 unspecified atom stereocenters. The highest BCUT2D eigenvalue weighted by atomic mass is 32.1. The Morgan fingerprint density at radius 3 is 2.44 bits per heavy atom. The van der Waals surface area contributed by atoms with Crippen molar-refractivity contribution in [3.05, 3.63) is 41.2 Å². The zero-order chi connectivity index (χ0) is 12.2. The molecule has 0 heterocycles. The van der Waals surface area contributed by atoms with Crippen LogP contribution in [0.5, 0.6) is 0 Å². The second-order valence-electron chi connectivity index (χ2n) is 3.15. The molecule has 0 aliphatic rings. The van der Waals surface area contributed by atoms with Crippen LogP contribution in [0, 0.1) is 5.82 Å². The normalized spacial score (nSPS) is 12.3. The van der Waals surface area contributed by atoms with Gasteiger partial charge >= 0.3 is 6.18 Å². The van der Waals surface area contributed by atoms with Crippen LogP contribution in [0.4, 0.5) is 17.6 Å². The van der Waals surface area contributed by atoms with Gasteiger partial charge < -0.3 is 0 Å². The lowest BCUT2D eigenvalue weighted by Crippen LogP contribution is -2.07. The molecule has 0 atom stereocenters. The second-order valence-corrected chi connectivity index (χ2v) is 3.60. The molecule has 16 heavy (non-hydrogen) atoms. The van der Waals surface area contributed by atoms with E-state index < -0.39 is 17.6 Å². The Hall–Kier alpha value is -0.970. The zero-order valence-corrected chi connectivity index (χ0v) is 9.15. The standard InChI is InChI=1S/C11H10F4S/c12-10-7-8(3-1-2-6-16)4-5-9(10)11(13,14)15/h1,3-5,7,16H,2,6H2. The number of allylic oxidation sites excluding steroid dienone is 1. The number of rotatable bonds is 3. The average Bonchev–Trinajstić information content (AvgIpc) is 2.16. The van der Waals surface area contributed by atoms with E-state index in [1.165, 1.54) is 6.07 Å². The molecule has 0 aromatic heterocycles. The summed E-state index contributed by atoms with van der Waals surface area (Å²) in [4.78, 5) is 0. The van der Waals surface area contributed by atoms with E-state index in [4.69, 9.17) is 0 Å². The van der Waals surface area contributed by atoms with E-state index in [0.717, 1.165) is 12.1 Å². The summed E-state index contributed by atoms with van der Waals surface area (Å²) in [6.45, 7) is 0. The zero-order valence-electron chi connectivity index (χ0n) is 8.26. The van der Waals surface area contributed by atoms with Gasteiger partial charge in [-0.05, 0) is 29.9 Å². The summed E-state index contributed by atoms with van der Waals surface area (Å²) in [5.41, 5.74) is -0.828. The minimum Gasteiger partial charge on any atom is -0.206 e. The molecular weight excluding hydrogens is 240 g/mol. The van der Waals surface area contributed by atoms with Crippen LogP contribution in [0.25, 0.3) is 6.08 Å². The van der Waals surface area contributed by atoms with E-state index in [-0.39, 0.29) is 0 Å². The van der Waals surface area contributed by atoms with Crippen LogP contribution < -0.4 is 0 Å². The van der Waals surface area contributed by atoms with Crippen LogP contribution in [0.1, 0.15) is 17.5 Å². The molecule has 0 amide bonds. The van der Waals surface area contributed by atoms with E-state index >= 15 is 0 Å². The number of thiol groups is 1. The molecule has 0 nitrogen and oxygen atoms in total. The molecule has 88 valence electrons. The SMILES string of the molecule is Fc1cc(C=CCCS)ccc1C(F)(F)F. The Kier molecular flexibility index (Phi) is 4.41. The third kappa shape index (κ3) is 3.56. The lowest BCUT2D eigenvalue weighted by atomic mass is 10.1. The van der Waals surface area contributed by atoms with Crippen LogP contribution >= 0.6 is 12.6 Å². The molecule has 1 aromatic rings. The van der Waals surface area contributed by atoms with E-state index in [0.29, 0.717) is 17.7 Å². The van der Waals surface area contributed by atoms with Crippen molar-refractivity contribution in [3.63, 3.8) is 0 Å². The van der Waals surface area contributed by atoms with Gasteiger partial charge in [-0.15, -0.1) is 0 Å². The minimum atomic E-state index is -4.64. The number of hydrogen-bond donors (Lipinski definition) is 1. The molecule has 0 fully saturated rings. The van der Waals surface area contributed by atoms with Gasteiger partial charge in [0.25, 0.3) is 0 Å². The van der Waals surface area contributed by atoms with Crippen molar-refractivity contribution in [1.82, 2.24) is 0 Å². The Bertz CT molecular complexity index is 382. The Labute approximate surface area is 96.4 Å². The van der Waals surface area contributed by atoms with Crippen LogP contribution in [0.3, 0.4) is 0 Å². The first-order valence-corrected chi connectivity index (χ1v) is 5.22. The predicted molar refractivity (Wildman–Crippen MR) is 58.9 cm³/mol. The summed E-state index contributed by atoms with van der Waals surface area (Å²) in [6.07, 6.45) is -0.655. The fourth-order valence-electron chi connectivity index (χ4n) is 1.16. The highest BCUT2D eigenvalue weighted by Gasteiger charge is 2.33. The van der Waals surface area contributed by atoms with Crippen molar-refractivity contribution in [2.24, 2.45) is 0 Å². The van der Waals surface area contributed by atoms with Gasteiger partial charge in [-0.25, -0.2) is 4.39 Å². The van der Waals surface area contributed by atoms with E-state index in [2.05, 4.69) is 12.6 Å². The van der Waals surface area contributed by atoms with E-state index in [9.17, 15) is 17.6 Å². The summed E-state index contributed by atoms with van der Waals surface area (Å²) in [5.74, 6) is -0.611. The maximum Gasteiger partial charge on any atom is 0.419 e. The Balaban J connectivity index is 2.91. The van der Waals surface area contributed by atoms with Crippen molar-refractivity contribution >= 4 is 18.7 Å². The van der Waals surface area contributed by atoms with Gasteiger partial charge in [0.05, 0.1) is 5.56 Å². The molecule has 0 bridgehead atoms. The maximum atomic E-state index is 13.1. The van der Waals surface area contributed by atoms with Crippen molar-refractivity contribution < 1.29 is 17.6 Å². The van der Waals surface area contributed by atoms with E-state index in [1.807, 2.05) is 0 Å². The smallest absolute Gasteiger partial charge is 0.206 e. The van der Waals surface area contributed by atoms with Gasteiger partial charge in [0.1, 0.15) is 5.82 Å². The third-order valence-corrected chi connectivity index (χ3v) is 2.16. The molecule has 5 heteroatoms. The Morgan fingerprint density at radius 2 is 1.94 bits per heavy atom. The van der Waals surface area contributed by atoms with Crippen LogP contribution in [-0.4, -0.2) is 5.75 Å². The minimum absolute atomic E-state index is 0.410. The molecule has 0 N–H and O–H groups in total. The molecule has 0 saturated heterocycles. The molecule has 0 aliphatic heterocycles. The van der Waals surface area contributed by atoms with Crippen molar-refractivity contribution in [2.75, 3.05) is 5.75 Å². The fraction of sp³-hybridized carbons (Fsp3) is 0.273. The quantitative estimate of drug-likeness (QED) is 0.604. The van der Waals surface area contributed by atoms with Crippen LogP contribution in [0.15, 0.2) is 24.3 Å². The molecular formula is C11H10F4S. The number of hydrogen-bond acceptors (Lipinski definition) is 1. The highest BCUT2D eigenvalue weighted by molar-refractivity contribution is 7.80. The third-order valence-electron chi connectivity index (χ3n) is 1.90. The van der Waals surface area contributed by atoms with Gasteiger partial charge in [0.2, 0.25) is 0 Å². The average molecular weight is 250 g/mol. The van der Waals surface area contributed by atoms with Crippen molar-refractivity contribution in [1.29, 1.82) is 0 Å². The molecule has 1 aromatic carbocycles. The first-order valence-electron chi connectivity index (χ1n) is 4.59. The Morgan fingerprint density at radius 1 is 1.25 bits per heavy atom. The monoisotopic (exact) mass is 250 g/mol. The number of halogens is 4. The second kappa shape index (κ2) is 5.39. The summed E-state index contributed by atoms with van der Waals surface area (Å²) in [7, 11) is 0. The summed E-state index contributed by atoms with van der Waals surface area (Å²) >= 11 is 3.97. The summed E-state index contributed by atoms with van der Waals surface area (Å²) < 4.78 is 49.7. The number of alkyl halides is 3. The maximum absolute atomic E-state index is 13.1. The lowest BCUT2D eigenvalue weighted by Gasteiger charge is -2.07. The largest absolute Gasteiger partial charge is 0.419 e. The lowest BCUT2D eigenvalue weighted by molar-refractivity contribution is -0.140. The molecule has 0 spiro atoms. The molecule has 0 radical (unpaired) electrons. The fourth-order valence-corrected chi connectivity index (χ4v) is 1.31. The topological polar surface area (TPSA) is 0 Å².